The minimum absolute atomic E-state index is 0.000319. The number of hydrogen-bond donors (Lipinski definition) is 3. The van der Waals surface area contributed by atoms with Crippen LogP contribution >= 0.6 is 0 Å². The second kappa shape index (κ2) is 10.5. The van der Waals surface area contributed by atoms with Gasteiger partial charge in [-0.05, 0) is 6.42 Å². The van der Waals surface area contributed by atoms with E-state index in [0.717, 1.165) is 12.8 Å². The van der Waals surface area contributed by atoms with E-state index in [0.29, 0.717) is 6.61 Å². The standard InChI is InChI=1S/C15H30O5/c1-2-3-4-5-6-7-8-9-10-19-15-14(18)13(17)12(16)11-20-15/h12-18H,2-11H2,1H3/t12-,13+,14-,15+/m1/s1. The molecule has 1 fully saturated rings. The summed E-state index contributed by atoms with van der Waals surface area (Å²) in [6.07, 6.45) is 5.55. The van der Waals surface area contributed by atoms with Crippen molar-refractivity contribution in [2.45, 2.75) is 82.9 Å². The lowest BCUT2D eigenvalue weighted by Gasteiger charge is -2.34. The van der Waals surface area contributed by atoms with E-state index in [9.17, 15) is 15.3 Å². The zero-order valence-corrected chi connectivity index (χ0v) is 12.5. The molecule has 20 heavy (non-hydrogen) atoms. The minimum atomic E-state index is -1.19. The Balaban J connectivity index is 1.96. The number of aliphatic hydroxyl groups excluding tert-OH is 3. The van der Waals surface area contributed by atoms with Crippen LogP contribution in [0.1, 0.15) is 58.3 Å². The molecule has 1 saturated heterocycles. The first-order valence-electron chi connectivity index (χ1n) is 7.94. The van der Waals surface area contributed by atoms with Gasteiger partial charge in [0.2, 0.25) is 0 Å². The molecule has 0 bridgehead atoms. The first-order valence-corrected chi connectivity index (χ1v) is 7.94. The monoisotopic (exact) mass is 290 g/mol. The van der Waals surface area contributed by atoms with Crippen LogP contribution in [0, 0.1) is 0 Å². The molecule has 1 rings (SSSR count). The van der Waals surface area contributed by atoms with E-state index in [1.807, 2.05) is 0 Å². The lowest BCUT2D eigenvalue weighted by Crippen LogP contribution is -2.53. The third-order valence-corrected chi connectivity index (χ3v) is 3.73. The maximum Gasteiger partial charge on any atom is 0.186 e. The van der Waals surface area contributed by atoms with Crippen molar-refractivity contribution in [3.8, 4) is 0 Å². The summed E-state index contributed by atoms with van der Waals surface area (Å²) in [5, 5.41) is 28.5. The quantitative estimate of drug-likeness (QED) is 0.532. The molecule has 0 unspecified atom stereocenters. The van der Waals surface area contributed by atoms with E-state index < -0.39 is 24.6 Å². The fourth-order valence-corrected chi connectivity index (χ4v) is 2.36. The van der Waals surface area contributed by atoms with Gasteiger partial charge >= 0.3 is 0 Å². The van der Waals surface area contributed by atoms with Gasteiger partial charge in [0.25, 0.3) is 0 Å². The van der Waals surface area contributed by atoms with Gasteiger partial charge in [0.05, 0.1) is 6.61 Å². The normalized spacial score (nSPS) is 30.6. The molecule has 5 heteroatoms. The molecule has 0 saturated carbocycles. The van der Waals surface area contributed by atoms with Gasteiger partial charge in [-0.3, -0.25) is 0 Å². The van der Waals surface area contributed by atoms with Crippen LogP contribution in [0.2, 0.25) is 0 Å². The minimum Gasteiger partial charge on any atom is -0.388 e. The van der Waals surface area contributed by atoms with Crippen molar-refractivity contribution < 1.29 is 24.8 Å². The van der Waals surface area contributed by atoms with Crippen LogP contribution in [-0.4, -0.2) is 53.1 Å². The first-order chi connectivity index (χ1) is 9.66. The Hall–Kier alpha value is -0.200. The van der Waals surface area contributed by atoms with Gasteiger partial charge in [-0.25, -0.2) is 0 Å². The summed E-state index contributed by atoms with van der Waals surface area (Å²) in [5.74, 6) is 0. The smallest absolute Gasteiger partial charge is 0.186 e. The largest absolute Gasteiger partial charge is 0.388 e. The van der Waals surface area contributed by atoms with Gasteiger partial charge in [0.15, 0.2) is 6.29 Å². The van der Waals surface area contributed by atoms with Crippen LogP contribution in [0.3, 0.4) is 0 Å². The molecule has 0 aromatic heterocycles. The van der Waals surface area contributed by atoms with Crippen LogP contribution in [0.25, 0.3) is 0 Å². The van der Waals surface area contributed by atoms with E-state index in [1.165, 1.54) is 38.5 Å². The van der Waals surface area contributed by atoms with Crippen LogP contribution < -0.4 is 0 Å². The molecule has 5 nitrogen and oxygen atoms in total. The summed E-state index contributed by atoms with van der Waals surface area (Å²) >= 11 is 0. The first kappa shape index (κ1) is 17.9. The molecule has 1 heterocycles. The van der Waals surface area contributed by atoms with Gasteiger partial charge in [0.1, 0.15) is 18.3 Å². The fraction of sp³-hybridized carbons (Fsp3) is 1.00. The number of ether oxygens (including phenoxy) is 2. The van der Waals surface area contributed by atoms with Crippen molar-refractivity contribution >= 4 is 0 Å². The Labute approximate surface area is 121 Å². The van der Waals surface area contributed by atoms with E-state index >= 15 is 0 Å². The average Bonchev–Trinajstić information content (AvgIpc) is 2.45. The molecule has 0 spiro atoms. The molecular weight excluding hydrogens is 260 g/mol. The summed E-state index contributed by atoms with van der Waals surface area (Å²) in [5.41, 5.74) is 0. The molecule has 4 atom stereocenters. The molecular formula is C15H30O5. The molecule has 0 aromatic rings. The highest BCUT2D eigenvalue weighted by molar-refractivity contribution is 4.82. The highest BCUT2D eigenvalue weighted by atomic mass is 16.7. The Bertz CT molecular complexity index is 236. The Morgan fingerprint density at radius 1 is 0.900 bits per heavy atom. The van der Waals surface area contributed by atoms with Gasteiger partial charge in [0, 0.05) is 6.61 Å². The fourth-order valence-electron chi connectivity index (χ4n) is 2.36. The number of hydrogen-bond acceptors (Lipinski definition) is 5. The van der Waals surface area contributed by atoms with Crippen LogP contribution in [-0.2, 0) is 9.47 Å². The summed E-state index contributed by atoms with van der Waals surface area (Å²) in [7, 11) is 0. The summed E-state index contributed by atoms with van der Waals surface area (Å²) in [4.78, 5) is 0. The zero-order chi connectivity index (χ0) is 14.8. The second-order valence-electron chi connectivity index (χ2n) is 5.60. The van der Waals surface area contributed by atoms with Crippen molar-refractivity contribution in [3.05, 3.63) is 0 Å². The summed E-state index contributed by atoms with van der Waals surface area (Å²) < 4.78 is 10.6. The van der Waals surface area contributed by atoms with Crippen molar-refractivity contribution in [1.29, 1.82) is 0 Å². The third kappa shape index (κ3) is 6.50. The molecule has 120 valence electrons. The van der Waals surface area contributed by atoms with E-state index in [2.05, 4.69) is 6.92 Å². The van der Waals surface area contributed by atoms with Crippen molar-refractivity contribution in [3.63, 3.8) is 0 Å². The molecule has 1 aliphatic rings. The molecule has 0 aromatic carbocycles. The molecule has 0 radical (unpaired) electrons. The molecule has 3 N–H and O–H groups in total. The Kier molecular flexibility index (Phi) is 9.39. The molecule has 0 amide bonds. The van der Waals surface area contributed by atoms with E-state index in [4.69, 9.17) is 9.47 Å². The highest BCUT2D eigenvalue weighted by Gasteiger charge is 2.37. The van der Waals surface area contributed by atoms with E-state index in [1.54, 1.807) is 0 Å². The lowest BCUT2D eigenvalue weighted by atomic mass is 10.1. The Morgan fingerprint density at radius 3 is 2.15 bits per heavy atom. The van der Waals surface area contributed by atoms with Gasteiger partial charge in [-0.2, -0.15) is 0 Å². The van der Waals surface area contributed by atoms with Crippen molar-refractivity contribution in [2.75, 3.05) is 13.2 Å². The second-order valence-corrected chi connectivity index (χ2v) is 5.60. The Morgan fingerprint density at radius 2 is 1.50 bits per heavy atom. The third-order valence-electron chi connectivity index (χ3n) is 3.73. The number of aliphatic hydroxyl groups is 3. The van der Waals surface area contributed by atoms with Gasteiger partial charge < -0.3 is 24.8 Å². The maximum atomic E-state index is 9.67. The van der Waals surface area contributed by atoms with Crippen molar-refractivity contribution in [2.24, 2.45) is 0 Å². The maximum absolute atomic E-state index is 9.67. The van der Waals surface area contributed by atoms with E-state index in [-0.39, 0.29) is 6.61 Å². The summed E-state index contributed by atoms with van der Waals surface area (Å²) in [6.45, 7) is 2.73. The number of rotatable bonds is 10. The van der Waals surface area contributed by atoms with Gasteiger partial charge in [-0.15, -0.1) is 0 Å². The lowest BCUT2D eigenvalue weighted by molar-refractivity contribution is -0.270. The van der Waals surface area contributed by atoms with Crippen molar-refractivity contribution in [1.82, 2.24) is 0 Å². The average molecular weight is 290 g/mol. The van der Waals surface area contributed by atoms with Crippen LogP contribution in [0.15, 0.2) is 0 Å². The predicted molar refractivity (Wildman–Crippen MR) is 76.3 cm³/mol. The summed E-state index contributed by atoms with van der Waals surface area (Å²) in [6, 6.07) is 0. The molecule has 1 aliphatic heterocycles. The molecule has 0 aliphatic carbocycles. The van der Waals surface area contributed by atoms with Crippen LogP contribution in [0.5, 0.6) is 0 Å². The predicted octanol–water partition coefficient (Wildman–Crippen LogP) is 1.58. The highest BCUT2D eigenvalue weighted by Crippen LogP contribution is 2.17. The van der Waals surface area contributed by atoms with Gasteiger partial charge in [-0.1, -0.05) is 51.9 Å². The topological polar surface area (TPSA) is 79.2 Å². The zero-order valence-electron chi connectivity index (χ0n) is 12.5. The van der Waals surface area contributed by atoms with Crippen LogP contribution in [0.4, 0.5) is 0 Å². The number of unbranched alkanes of at least 4 members (excludes halogenated alkanes) is 7. The SMILES string of the molecule is CCCCCCCCCCO[C@H]1OC[C@@H](O)[C@H](O)[C@H]1O.